The Morgan fingerprint density at radius 1 is 1.11 bits per heavy atom. The van der Waals surface area contributed by atoms with Crippen LogP contribution in [0.25, 0.3) is 0 Å². The van der Waals surface area contributed by atoms with Crippen LogP contribution in [0.4, 0.5) is 11.4 Å². The number of carbonyl (C=O) groups is 1. The molecule has 1 amide bonds. The fourth-order valence-corrected chi connectivity index (χ4v) is 3.78. The highest BCUT2D eigenvalue weighted by Crippen LogP contribution is 2.29. The Labute approximate surface area is 170 Å². The molecule has 146 valence electrons. The molecule has 2 rings (SSSR count). The molecule has 0 bridgehead atoms. The van der Waals surface area contributed by atoms with Crippen LogP contribution in [0, 0.1) is 5.92 Å². The van der Waals surface area contributed by atoms with E-state index in [1.165, 1.54) is 4.31 Å². The number of rotatable bonds is 7. The Balaban J connectivity index is 2.25. The molecule has 0 saturated carbocycles. The van der Waals surface area contributed by atoms with Crippen molar-refractivity contribution in [2.45, 2.75) is 26.8 Å². The zero-order chi connectivity index (χ0) is 20.2. The largest absolute Gasteiger partial charge is 0.326 e. The van der Waals surface area contributed by atoms with Crippen molar-refractivity contribution in [1.29, 1.82) is 0 Å². The number of hydrogen-bond acceptors (Lipinski definition) is 3. The Morgan fingerprint density at radius 3 is 2.30 bits per heavy atom. The molecule has 5 nitrogen and oxygen atoms in total. The highest BCUT2D eigenvalue weighted by molar-refractivity contribution is 7.92. The standard InChI is InChI=1S/C19H22Cl2N2O3S/c1-13(2)11-18(24)22-15-7-9-16(10-8-15)23(27(3,25)26)12-14-5-4-6-17(20)19(14)21/h4-10,13H,11-12H2,1-3H3,(H,22,24). The molecule has 0 aromatic heterocycles. The third-order valence-electron chi connectivity index (χ3n) is 3.78. The Morgan fingerprint density at radius 2 is 1.74 bits per heavy atom. The van der Waals surface area contributed by atoms with E-state index in [1.807, 2.05) is 13.8 Å². The van der Waals surface area contributed by atoms with E-state index < -0.39 is 10.0 Å². The summed E-state index contributed by atoms with van der Waals surface area (Å²) < 4.78 is 25.8. The molecule has 0 heterocycles. The van der Waals surface area contributed by atoms with E-state index in [1.54, 1.807) is 42.5 Å². The fraction of sp³-hybridized carbons (Fsp3) is 0.316. The van der Waals surface area contributed by atoms with Crippen LogP contribution in [0.3, 0.4) is 0 Å². The number of amides is 1. The summed E-state index contributed by atoms with van der Waals surface area (Å²) >= 11 is 12.2. The van der Waals surface area contributed by atoms with Gasteiger partial charge in [0.25, 0.3) is 0 Å². The van der Waals surface area contributed by atoms with Crippen LogP contribution in [-0.2, 0) is 21.4 Å². The van der Waals surface area contributed by atoms with Gasteiger partial charge in [-0.2, -0.15) is 0 Å². The summed E-state index contributed by atoms with van der Waals surface area (Å²) in [6, 6.07) is 11.7. The number of benzene rings is 2. The van der Waals surface area contributed by atoms with Gasteiger partial charge < -0.3 is 5.32 Å². The number of hydrogen-bond donors (Lipinski definition) is 1. The summed E-state index contributed by atoms with van der Waals surface area (Å²) in [4.78, 5) is 11.9. The molecule has 0 aliphatic heterocycles. The first kappa shape index (κ1) is 21.5. The second-order valence-corrected chi connectivity index (χ2v) is 9.37. The second kappa shape index (κ2) is 8.95. The number of nitrogens with one attached hydrogen (secondary N) is 1. The van der Waals surface area contributed by atoms with Gasteiger partial charge in [0.1, 0.15) is 0 Å². The average molecular weight is 429 g/mol. The first-order valence-electron chi connectivity index (χ1n) is 8.38. The number of halogens is 2. The van der Waals surface area contributed by atoms with Crippen LogP contribution in [0.15, 0.2) is 42.5 Å². The van der Waals surface area contributed by atoms with Crippen molar-refractivity contribution in [2.75, 3.05) is 15.9 Å². The van der Waals surface area contributed by atoms with Crippen molar-refractivity contribution in [2.24, 2.45) is 5.92 Å². The lowest BCUT2D eigenvalue weighted by Crippen LogP contribution is -2.29. The lowest BCUT2D eigenvalue weighted by atomic mass is 10.1. The zero-order valence-corrected chi connectivity index (χ0v) is 17.7. The smallest absolute Gasteiger partial charge is 0.232 e. The minimum absolute atomic E-state index is 0.0529. The summed E-state index contributed by atoms with van der Waals surface area (Å²) in [7, 11) is -3.55. The highest BCUT2D eigenvalue weighted by Gasteiger charge is 2.20. The molecular formula is C19H22Cl2N2O3S. The highest BCUT2D eigenvalue weighted by atomic mass is 35.5. The maximum atomic E-state index is 12.3. The van der Waals surface area contributed by atoms with Crippen molar-refractivity contribution in [3.63, 3.8) is 0 Å². The monoisotopic (exact) mass is 428 g/mol. The molecule has 0 fully saturated rings. The Hall–Kier alpha value is -1.76. The lowest BCUT2D eigenvalue weighted by molar-refractivity contribution is -0.116. The third kappa shape index (κ3) is 6.13. The van der Waals surface area contributed by atoms with Gasteiger partial charge >= 0.3 is 0 Å². The van der Waals surface area contributed by atoms with E-state index in [-0.39, 0.29) is 18.4 Å². The predicted octanol–water partition coefficient (Wildman–Crippen LogP) is 4.94. The molecule has 0 aliphatic carbocycles. The Bertz CT molecular complexity index is 913. The van der Waals surface area contributed by atoms with Gasteiger partial charge in [-0.25, -0.2) is 8.42 Å². The minimum Gasteiger partial charge on any atom is -0.326 e. The van der Waals surface area contributed by atoms with Crippen molar-refractivity contribution in [1.82, 2.24) is 0 Å². The van der Waals surface area contributed by atoms with E-state index >= 15 is 0 Å². The van der Waals surface area contributed by atoms with Gasteiger partial charge in [0.05, 0.1) is 28.5 Å². The predicted molar refractivity (Wildman–Crippen MR) is 112 cm³/mol. The topological polar surface area (TPSA) is 66.5 Å². The van der Waals surface area contributed by atoms with Gasteiger partial charge in [-0.1, -0.05) is 49.2 Å². The van der Waals surface area contributed by atoms with Crippen LogP contribution >= 0.6 is 23.2 Å². The summed E-state index contributed by atoms with van der Waals surface area (Å²) in [5.74, 6) is 0.177. The first-order chi connectivity index (χ1) is 12.6. The Kier molecular flexibility index (Phi) is 7.14. The summed E-state index contributed by atoms with van der Waals surface area (Å²) in [5, 5.41) is 3.49. The third-order valence-corrected chi connectivity index (χ3v) is 5.78. The average Bonchev–Trinajstić information content (AvgIpc) is 2.55. The van der Waals surface area contributed by atoms with E-state index in [4.69, 9.17) is 23.2 Å². The molecule has 1 N–H and O–H groups in total. The molecule has 0 atom stereocenters. The quantitative estimate of drug-likeness (QED) is 0.678. The normalized spacial score (nSPS) is 11.5. The molecule has 0 saturated heterocycles. The van der Waals surface area contributed by atoms with Gasteiger partial charge in [-0.05, 0) is 41.8 Å². The molecule has 0 unspecified atom stereocenters. The number of sulfonamides is 1. The zero-order valence-electron chi connectivity index (χ0n) is 15.4. The van der Waals surface area contributed by atoms with Crippen molar-refractivity contribution in [3.05, 3.63) is 58.1 Å². The molecular weight excluding hydrogens is 407 g/mol. The van der Waals surface area contributed by atoms with Crippen LogP contribution in [0.5, 0.6) is 0 Å². The van der Waals surface area contributed by atoms with Crippen LogP contribution < -0.4 is 9.62 Å². The van der Waals surface area contributed by atoms with Gasteiger partial charge in [0, 0.05) is 12.1 Å². The second-order valence-electron chi connectivity index (χ2n) is 6.68. The summed E-state index contributed by atoms with van der Waals surface area (Å²) in [5.41, 5.74) is 1.68. The number of carbonyl (C=O) groups excluding carboxylic acids is 1. The van der Waals surface area contributed by atoms with E-state index in [0.29, 0.717) is 33.4 Å². The van der Waals surface area contributed by atoms with Crippen LogP contribution in [0.1, 0.15) is 25.8 Å². The molecule has 2 aromatic rings. The SMILES string of the molecule is CC(C)CC(=O)Nc1ccc(N(Cc2cccc(Cl)c2Cl)S(C)(=O)=O)cc1. The van der Waals surface area contributed by atoms with Crippen molar-refractivity contribution < 1.29 is 13.2 Å². The van der Waals surface area contributed by atoms with E-state index in [0.717, 1.165) is 6.26 Å². The van der Waals surface area contributed by atoms with E-state index in [2.05, 4.69) is 5.32 Å². The number of nitrogens with zero attached hydrogens (tertiary/aromatic N) is 1. The number of anilines is 2. The maximum absolute atomic E-state index is 12.3. The molecule has 0 spiro atoms. The van der Waals surface area contributed by atoms with Gasteiger partial charge in [0.15, 0.2) is 0 Å². The van der Waals surface area contributed by atoms with Crippen LogP contribution in [-0.4, -0.2) is 20.6 Å². The first-order valence-corrected chi connectivity index (χ1v) is 11.0. The molecule has 8 heteroatoms. The maximum Gasteiger partial charge on any atom is 0.232 e. The minimum atomic E-state index is -3.55. The fourth-order valence-electron chi connectivity index (χ4n) is 2.52. The van der Waals surface area contributed by atoms with E-state index in [9.17, 15) is 13.2 Å². The molecule has 0 radical (unpaired) electrons. The molecule has 0 aliphatic rings. The van der Waals surface area contributed by atoms with Gasteiger partial charge in [-0.15, -0.1) is 0 Å². The van der Waals surface area contributed by atoms with Gasteiger partial charge in [0.2, 0.25) is 15.9 Å². The molecule has 2 aromatic carbocycles. The van der Waals surface area contributed by atoms with Crippen molar-refractivity contribution >= 4 is 50.5 Å². The summed E-state index contributed by atoms with van der Waals surface area (Å²) in [6.45, 7) is 3.98. The summed E-state index contributed by atoms with van der Waals surface area (Å²) in [6.07, 6.45) is 1.55. The lowest BCUT2D eigenvalue weighted by Gasteiger charge is -2.23. The van der Waals surface area contributed by atoms with Gasteiger partial charge in [-0.3, -0.25) is 9.10 Å². The van der Waals surface area contributed by atoms with Crippen molar-refractivity contribution in [3.8, 4) is 0 Å². The molecule has 27 heavy (non-hydrogen) atoms. The van der Waals surface area contributed by atoms with Crippen LogP contribution in [0.2, 0.25) is 10.0 Å².